The first-order valence-corrected chi connectivity index (χ1v) is 11.8. The maximum Gasteiger partial charge on any atom is 0.150 e. The van der Waals surface area contributed by atoms with Crippen LogP contribution in [-0.4, -0.2) is 45.5 Å². The fourth-order valence-electron chi connectivity index (χ4n) is 5.07. The van der Waals surface area contributed by atoms with Crippen LogP contribution in [0, 0.1) is 5.92 Å². The van der Waals surface area contributed by atoms with Crippen LogP contribution in [0.4, 0.5) is 5.82 Å². The molecule has 164 valence electrons. The third-order valence-corrected chi connectivity index (χ3v) is 6.80. The average molecular weight is 420 g/mol. The maximum atomic E-state index is 6.33. The zero-order chi connectivity index (χ0) is 21.2. The van der Waals surface area contributed by atoms with Gasteiger partial charge in [0.05, 0.1) is 6.61 Å². The normalized spacial score (nSPS) is 21.5. The van der Waals surface area contributed by atoms with Gasteiger partial charge in [-0.1, -0.05) is 25.5 Å². The van der Waals surface area contributed by atoms with E-state index < -0.39 is 0 Å². The van der Waals surface area contributed by atoms with Crippen LogP contribution in [0.1, 0.15) is 57.2 Å². The van der Waals surface area contributed by atoms with Crippen LogP contribution in [0.5, 0.6) is 5.75 Å². The van der Waals surface area contributed by atoms with Gasteiger partial charge in [-0.05, 0) is 63.2 Å². The van der Waals surface area contributed by atoms with Crippen molar-refractivity contribution in [3.8, 4) is 17.0 Å². The summed E-state index contributed by atoms with van der Waals surface area (Å²) in [6.45, 7) is 6.70. The van der Waals surface area contributed by atoms with E-state index in [0.29, 0.717) is 11.7 Å². The molecule has 0 spiro atoms. The number of nitrogens with zero attached hydrogens (tertiary/aromatic N) is 4. The zero-order valence-electron chi connectivity index (χ0n) is 18.5. The number of fused-ring (bicyclic) bond motifs is 1. The summed E-state index contributed by atoms with van der Waals surface area (Å²) in [7, 11) is 0. The Morgan fingerprint density at radius 2 is 2.03 bits per heavy atom. The Hall–Kier alpha value is -2.60. The van der Waals surface area contributed by atoms with Crippen molar-refractivity contribution in [2.24, 2.45) is 5.92 Å². The number of ether oxygens (including phenoxy) is 1. The van der Waals surface area contributed by atoms with Gasteiger partial charge in [0, 0.05) is 30.4 Å². The predicted octanol–water partition coefficient (Wildman–Crippen LogP) is 4.75. The summed E-state index contributed by atoms with van der Waals surface area (Å²) in [6, 6.07) is 8.20. The third-order valence-electron chi connectivity index (χ3n) is 6.80. The molecule has 6 heteroatoms. The molecule has 2 fully saturated rings. The van der Waals surface area contributed by atoms with E-state index in [4.69, 9.17) is 15.5 Å². The van der Waals surface area contributed by atoms with E-state index in [1.54, 1.807) is 6.20 Å². The minimum Gasteiger partial charge on any atom is -0.494 e. The van der Waals surface area contributed by atoms with E-state index in [2.05, 4.69) is 33.3 Å². The summed E-state index contributed by atoms with van der Waals surface area (Å²) in [4.78, 5) is 12.1. The fourth-order valence-corrected chi connectivity index (χ4v) is 5.07. The highest BCUT2D eigenvalue weighted by molar-refractivity contribution is 5.85. The van der Waals surface area contributed by atoms with E-state index >= 15 is 0 Å². The molecule has 2 aliphatic rings. The van der Waals surface area contributed by atoms with Crippen LogP contribution in [0.2, 0.25) is 0 Å². The number of nitrogens with two attached hydrogens (primary N) is 1. The van der Waals surface area contributed by atoms with Gasteiger partial charge in [-0.3, -0.25) is 4.40 Å². The quantitative estimate of drug-likeness (QED) is 0.534. The summed E-state index contributed by atoms with van der Waals surface area (Å²) in [6.07, 6.45) is 11.1. The molecule has 1 aliphatic carbocycles. The van der Waals surface area contributed by atoms with Crippen LogP contribution in [0.25, 0.3) is 16.8 Å². The predicted molar refractivity (Wildman–Crippen MR) is 124 cm³/mol. The second kappa shape index (κ2) is 8.87. The van der Waals surface area contributed by atoms with Gasteiger partial charge in [0.1, 0.15) is 28.6 Å². The van der Waals surface area contributed by atoms with Crippen molar-refractivity contribution in [1.82, 2.24) is 19.3 Å². The number of nitrogen functional groups attached to an aromatic ring is 1. The summed E-state index contributed by atoms with van der Waals surface area (Å²) >= 11 is 0. The number of benzene rings is 1. The SMILES string of the molecule is CCCCOc1cccc(-c2nc(C3CC(CN4CCCC4)C3)n3ccnc(N)c23)c1. The van der Waals surface area contributed by atoms with Gasteiger partial charge in [-0.25, -0.2) is 9.97 Å². The monoisotopic (exact) mass is 419 g/mol. The molecule has 3 aromatic rings. The molecule has 0 bridgehead atoms. The first kappa shape index (κ1) is 20.3. The highest BCUT2D eigenvalue weighted by atomic mass is 16.5. The number of anilines is 1. The highest BCUT2D eigenvalue weighted by Gasteiger charge is 2.35. The third kappa shape index (κ3) is 4.13. The van der Waals surface area contributed by atoms with Crippen LogP contribution in [-0.2, 0) is 0 Å². The number of hydrogen-bond acceptors (Lipinski definition) is 5. The number of hydrogen-bond donors (Lipinski definition) is 1. The molecule has 1 aliphatic heterocycles. The summed E-state index contributed by atoms with van der Waals surface area (Å²) in [5.74, 6) is 3.80. The van der Waals surface area contributed by atoms with Crippen molar-refractivity contribution < 1.29 is 4.74 Å². The Bertz CT molecular complexity index is 1030. The molecule has 0 atom stereocenters. The number of unbranched alkanes of at least 4 members (excludes halogenated alkanes) is 1. The van der Waals surface area contributed by atoms with Crippen LogP contribution in [0.3, 0.4) is 0 Å². The van der Waals surface area contributed by atoms with E-state index in [1.165, 1.54) is 45.3 Å². The fraction of sp³-hybridized carbons (Fsp3) is 0.520. The first-order chi connectivity index (χ1) is 15.2. The van der Waals surface area contributed by atoms with Gasteiger partial charge in [0.15, 0.2) is 0 Å². The van der Waals surface area contributed by atoms with Gasteiger partial charge in [0.25, 0.3) is 0 Å². The molecular weight excluding hydrogens is 386 g/mol. The molecular formula is C25H33N5O. The minimum atomic E-state index is 0.486. The molecule has 1 saturated carbocycles. The van der Waals surface area contributed by atoms with Crippen LogP contribution < -0.4 is 10.5 Å². The molecule has 2 aromatic heterocycles. The molecule has 5 rings (SSSR count). The second-order valence-corrected chi connectivity index (χ2v) is 9.12. The number of imidazole rings is 1. The van der Waals surface area contributed by atoms with E-state index in [9.17, 15) is 0 Å². The van der Waals surface area contributed by atoms with Gasteiger partial charge < -0.3 is 15.4 Å². The summed E-state index contributed by atoms with van der Waals surface area (Å²) in [5, 5.41) is 0. The second-order valence-electron chi connectivity index (χ2n) is 9.12. The van der Waals surface area contributed by atoms with E-state index in [1.807, 2.05) is 18.3 Å². The lowest BCUT2D eigenvalue weighted by atomic mass is 9.74. The van der Waals surface area contributed by atoms with Crippen molar-refractivity contribution in [2.45, 2.75) is 51.4 Å². The van der Waals surface area contributed by atoms with Crippen LogP contribution >= 0.6 is 0 Å². The molecule has 0 amide bonds. The Morgan fingerprint density at radius 3 is 2.84 bits per heavy atom. The Morgan fingerprint density at radius 1 is 1.19 bits per heavy atom. The Balaban J connectivity index is 1.40. The minimum absolute atomic E-state index is 0.486. The van der Waals surface area contributed by atoms with E-state index in [0.717, 1.165) is 53.7 Å². The molecule has 6 nitrogen and oxygen atoms in total. The zero-order valence-corrected chi connectivity index (χ0v) is 18.5. The standard InChI is InChI=1S/C25H33N5O/c1-2-3-13-31-21-8-6-7-19(16-21)22-23-24(26)27-9-12-30(23)25(28-22)20-14-18(15-20)17-29-10-4-5-11-29/h6-9,12,16,18,20H,2-5,10-11,13-15,17H2,1H3,(H2,26,27). The highest BCUT2D eigenvalue weighted by Crippen LogP contribution is 2.43. The molecule has 0 unspecified atom stereocenters. The number of likely N-dealkylation sites (tertiary alicyclic amines) is 1. The topological polar surface area (TPSA) is 68.7 Å². The van der Waals surface area contributed by atoms with Crippen molar-refractivity contribution >= 4 is 11.3 Å². The Labute approximate surface area is 184 Å². The smallest absolute Gasteiger partial charge is 0.150 e. The maximum absolute atomic E-state index is 6.33. The van der Waals surface area contributed by atoms with Crippen LogP contribution in [0.15, 0.2) is 36.7 Å². The van der Waals surface area contributed by atoms with Gasteiger partial charge >= 0.3 is 0 Å². The number of aromatic nitrogens is 3. The van der Waals surface area contributed by atoms with E-state index in [-0.39, 0.29) is 0 Å². The first-order valence-electron chi connectivity index (χ1n) is 11.8. The molecule has 1 aromatic carbocycles. The van der Waals surface area contributed by atoms with Crippen molar-refractivity contribution in [2.75, 3.05) is 32.0 Å². The summed E-state index contributed by atoms with van der Waals surface area (Å²) < 4.78 is 8.09. The molecule has 0 radical (unpaired) electrons. The molecule has 3 heterocycles. The van der Waals surface area contributed by atoms with Crippen molar-refractivity contribution in [3.05, 3.63) is 42.5 Å². The Kier molecular flexibility index (Phi) is 5.81. The molecule has 31 heavy (non-hydrogen) atoms. The lowest BCUT2D eigenvalue weighted by Gasteiger charge is -2.37. The van der Waals surface area contributed by atoms with Gasteiger partial charge in [0.2, 0.25) is 0 Å². The number of rotatable bonds is 8. The van der Waals surface area contributed by atoms with Crippen molar-refractivity contribution in [1.29, 1.82) is 0 Å². The molecule has 1 saturated heterocycles. The lowest BCUT2D eigenvalue weighted by molar-refractivity contribution is 0.176. The van der Waals surface area contributed by atoms with Crippen molar-refractivity contribution in [3.63, 3.8) is 0 Å². The van der Waals surface area contributed by atoms with Gasteiger partial charge in [-0.2, -0.15) is 0 Å². The molecule has 2 N–H and O–H groups in total. The van der Waals surface area contributed by atoms with Gasteiger partial charge in [-0.15, -0.1) is 0 Å². The average Bonchev–Trinajstić information content (AvgIpc) is 3.39. The lowest BCUT2D eigenvalue weighted by Crippen LogP contribution is -2.34. The largest absolute Gasteiger partial charge is 0.494 e. The summed E-state index contributed by atoms with van der Waals surface area (Å²) in [5.41, 5.74) is 9.18.